The molecule has 0 aromatic heterocycles. The summed E-state index contributed by atoms with van der Waals surface area (Å²) in [6, 6.07) is 6.52. The average Bonchev–Trinajstić information content (AvgIpc) is 3.04. The zero-order valence-electron chi connectivity index (χ0n) is 14.4. The van der Waals surface area contributed by atoms with Crippen molar-refractivity contribution in [2.45, 2.75) is 38.3 Å². The number of piperidine rings is 1. The van der Waals surface area contributed by atoms with Crippen LogP contribution < -0.4 is 10.6 Å². The molecule has 2 aliphatic rings. The van der Waals surface area contributed by atoms with Gasteiger partial charge >= 0.3 is 0 Å². The summed E-state index contributed by atoms with van der Waals surface area (Å²) in [5, 5.41) is 6.52. The molecule has 2 aliphatic heterocycles. The Balaban J connectivity index is 0.00000156. The first-order valence-corrected chi connectivity index (χ1v) is 8.69. The Labute approximate surface area is 161 Å². The predicted molar refractivity (Wildman–Crippen MR) is 103 cm³/mol. The second kappa shape index (κ2) is 11.0. The van der Waals surface area contributed by atoms with Crippen molar-refractivity contribution in [3.63, 3.8) is 0 Å². The number of benzene rings is 1. The summed E-state index contributed by atoms with van der Waals surface area (Å²) in [4.78, 5) is 14.7. The molecule has 1 aromatic rings. The van der Waals surface area contributed by atoms with Gasteiger partial charge in [0.05, 0.1) is 6.04 Å². The minimum Gasteiger partial charge on any atom is -0.354 e. The molecule has 4 nitrogen and oxygen atoms in total. The number of hydrogen-bond donors (Lipinski definition) is 2. The summed E-state index contributed by atoms with van der Waals surface area (Å²) in [5.74, 6) is 0.486. The molecule has 1 aromatic carbocycles. The van der Waals surface area contributed by atoms with Crippen LogP contribution in [0.1, 0.15) is 31.2 Å². The van der Waals surface area contributed by atoms with E-state index in [-0.39, 0.29) is 42.6 Å². The summed E-state index contributed by atoms with van der Waals surface area (Å²) < 4.78 is 13.0. The molecular formula is C18H28Cl2FN3O. The van der Waals surface area contributed by atoms with Crippen molar-refractivity contribution in [1.29, 1.82) is 0 Å². The number of likely N-dealkylation sites (tertiary alicyclic amines) is 1. The van der Waals surface area contributed by atoms with Crippen molar-refractivity contribution in [3.8, 4) is 0 Å². The fourth-order valence-corrected chi connectivity index (χ4v) is 3.60. The van der Waals surface area contributed by atoms with Gasteiger partial charge in [0.15, 0.2) is 0 Å². The molecular weight excluding hydrogens is 364 g/mol. The Kier molecular flexibility index (Phi) is 9.72. The van der Waals surface area contributed by atoms with Crippen LogP contribution in [0.15, 0.2) is 24.3 Å². The van der Waals surface area contributed by atoms with Crippen LogP contribution >= 0.6 is 24.8 Å². The molecule has 2 heterocycles. The fraction of sp³-hybridized carbons (Fsp3) is 0.611. The van der Waals surface area contributed by atoms with Gasteiger partial charge in [-0.3, -0.25) is 9.69 Å². The van der Waals surface area contributed by atoms with E-state index in [9.17, 15) is 9.18 Å². The maximum atomic E-state index is 13.0. The van der Waals surface area contributed by atoms with E-state index in [1.807, 2.05) is 0 Å². The van der Waals surface area contributed by atoms with Crippen LogP contribution in [-0.4, -0.2) is 43.0 Å². The van der Waals surface area contributed by atoms with Crippen LogP contribution in [0.2, 0.25) is 0 Å². The van der Waals surface area contributed by atoms with Crippen LogP contribution in [0.4, 0.5) is 4.39 Å². The molecule has 2 N–H and O–H groups in total. The zero-order chi connectivity index (χ0) is 16.1. The second-order valence-electron chi connectivity index (χ2n) is 6.71. The normalized spacial score (nSPS) is 23.4. The second-order valence-corrected chi connectivity index (χ2v) is 6.71. The summed E-state index contributed by atoms with van der Waals surface area (Å²) in [5.41, 5.74) is 1.06. The van der Waals surface area contributed by atoms with Crippen molar-refractivity contribution in [2.75, 3.05) is 26.2 Å². The standard InChI is InChI=1S/C18H26FN3O.2ClH/c19-16-7-5-14(6-8-16)13-22-10-2-4-17(22)18(23)21-12-15-3-1-9-20-11-15;;/h5-8,15,17,20H,1-4,9-13H2,(H,21,23);2*1H. The zero-order valence-corrected chi connectivity index (χ0v) is 16.0. The van der Waals surface area contributed by atoms with E-state index < -0.39 is 0 Å². The monoisotopic (exact) mass is 391 g/mol. The third kappa shape index (κ3) is 6.41. The highest BCUT2D eigenvalue weighted by atomic mass is 35.5. The van der Waals surface area contributed by atoms with Gasteiger partial charge in [0.25, 0.3) is 0 Å². The maximum Gasteiger partial charge on any atom is 0.237 e. The summed E-state index contributed by atoms with van der Waals surface area (Å²) in [7, 11) is 0. The van der Waals surface area contributed by atoms with E-state index in [2.05, 4.69) is 15.5 Å². The van der Waals surface area contributed by atoms with Gasteiger partial charge in [-0.2, -0.15) is 0 Å². The predicted octanol–water partition coefficient (Wildman–Crippen LogP) is 2.75. The van der Waals surface area contributed by atoms with Crippen LogP contribution in [0.25, 0.3) is 0 Å². The fourth-order valence-electron chi connectivity index (χ4n) is 3.60. The minimum atomic E-state index is -0.217. The van der Waals surface area contributed by atoms with Crippen molar-refractivity contribution in [1.82, 2.24) is 15.5 Å². The molecule has 2 saturated heterocycles. The number of nitrogens with zero attached hydrogens (tertiary/aromatic N) is 1. The van der Waals surface area contributed by atoms with Gasteiger partial charge in [-0.15, -0.1) is 24.8 Å². The molecule has 7 heteroatoms. The van der Waals surface area contributed by atoms with Crippen molar-refractivity contribution in [2.24, 2.45) is 5.92 Å². The molecule has 25 heavy (non-hydrogen) atoms. The lowest BCUT2D eigenvalue weighted by Gasteiger charge is -2.26. The summed E-state index contributed by atoms with van der Waals surface area (Å²) in [6.45, 7) is 4.51. The SMILES string of the molecule is Cl.Cl.O=C(NCC1CCCNC1)C1CCCN1Cc1ccc(F)cc1. The largest absolute Gasteiger partial charge is 0.354 e. The van der Waals surface area contributed by atoms with Gasteiger partial charge in [-0.1, -0.05) is 12.1 Å². The van der Waals surface area contributed by atoms with E-state index in [1.54, 1.807) is 12.1 Å². The van der Waals surface area contributed by atoms with Crippen molar-refractivity contribution >= 4 is 30.7 Å². The lowest BCUT2D eigenvalue weighted by Crippen LogP contribution is -2.46. The van der Waals surface area contributed by atoms with Crippen LogP contribution in [0.3, 0.4) is 0 Å². The first-order valence-electron chi connectivity index (χ1n) is 8.69. The number of carbonyl (C=O) groups excluding carboxylic acids is 1. The van der Waals surface area contributed by atoms with Gasteiger partial charge in [0.1, 0.15) is 5.82 Å². The van der Waals surface area contributed by atoms with E-state index >= 15 is 0 Å². The highest BCUT2D eigenvalue weighted by molar-refractivity contribution is 5.85. The maximum absolute atomic E-state index is 13.0. The Morgan fingerprint density at radius 2 is 1.96 bits per heavy atom. The summed E-state index contributed by atoms with van der Waals surface area (Å²) >= 11 is 0. The van der Waals surface area contributed by atoms with Crippen LogP contribution in [0.5, 0.6) is 0 Å². The van der Waals surface area contributed by atoms with E-state index in [0.29, 0.717) is 12.5 Å². The van der Waals surface area contributed by atoms with E-state index in [0.717, 1.165) is 44.6 Å². The first kappa shape index (κ1) is 22.2. The van der Waals surface area contributed by atoms with Gasteiger partial charge < -0.3 is 10.6 Å². The first-order chi connectivity index (χ1) is 11.2. The number of halogens is 3. The number of rotatable bonds is 5. The lowest BCUT2D eigenvalue weighted by molar-refractivity contribution is -0.125. The molecule has 0 aliphatic carbocycles. The molecule has 1 amide bonds. The van der Waals surface area contributed by atoms with Crippen molar-refractivity contribution in [3.05, 3.63) is 35.6 Å². The molecule has 0 radical (unpaired) electrons. The molecule has 3 rings (SSSR count). The van der Waals surface area contributed by atoms with Gasteiger partial charge in [-0.05, 0) is 68.9 Å². The molecule has 0 saturated carbocycles. The van der Waals surface area contributed by atoms with Gasteiger partial charge in [0.2, 0.25) is 5.91 Å². The molecule has 142 valence electrons. The number of amides is 1. The molecule has 2 unspecified atom stereocenters. The minimum absolute atomic E-state index is 0. The third-order valence-corrected chi connectivity index (χ3v) is 4.93. The third-order valence-electron chi connectivity index (χ3n) is 4.93. The van der Waals surface area contributed by atoms with E-state index in [1.165, 1.54) is 25.0 Å². The highest BCUT2D eigenvalue weighted by Crippen LogP contribution is 2.20. The highest BCUT2D eigenvalue weighted by Gasteiger charge is 2.30. The van der Waals surface area contributed by atoms with Crippen LogP contribution in [0, 0.1) is 11.7 Å². The molecule has 2 fully saturated rings. The number of nitrogens with one attached hydrogen (secondary N) is 2. The number of carbonyl (C=O) groups is 1. The molecule has 2 atom stereocenters. The Morgan fingerprint density at radius 1 is 1.20 bits per heavy atom. The van der Waals surface area contributed by atoms with Gasteiger partial charge in [0, 0.05) is 13.1 Å². The quantitative estimate of drug-likeness (QED) is 0.810. The smallest absolute Gasteiger partial charge is 0.237 e. The Morgan fingerprint density at radius 3 is 2.64 bits per heavy atom. The molecule has 0 spiro atoms. The van der Waals surface area contributed by atoms with E-state index in [4.69, 9.17) is 0 Å². The lowest BCUT2D eigenvalue weighted by atomic mass is 9.99. The molecule has 0 bridgehead atoms. The Bertz CT molecular complexity index is 524. The number of hydrogen-bond acceptors (Lipinski definition) is 3. The van der Waals surface area contributed by atoms with Crippen LogP contribution in [-0.2, 0) is 11.3 Å². The summed E-state index contributed by atoms with van der Waals surface area (Å²) in [6.07, 6.45) is 4.35. The average molecular weight is 392 g/mol. The van der Waals surface area contributed by atoms with Crippen molar-refractivity contribution < 1.29 is 9.18 Å². The topological polar surface area (TPSA) is 44.4 Å². The van der Waals surface area contributed by atoms with Gasteiger partial charge in [-0.25, -0.2) is 4.39 Å². The Hall–Kier alpha value is -0.880.